The summed E-state index contributed by atoms with van der Waals surface area (Å²) in [5.41, 5.74) is 1.10. The molecule has 104 valence electrons. The summed E-state index contributed by atoms with van der Waals surface area (Å²) >= 11 is 6.10. The van der Waals surface area contributed by atoms with E-state index in [0.29, 0.717) is 17.2 Å². The zero-order valence-corrected chi connectivity index (χ0v) is 12.8. The topological polar surface area (TPSA) is 25.2 Å². The molecule has 1 N–H and O–H groups in total. The Balaban J connectivity index is 2.64. The quantitative estimate of drug-likeness (QED) is 0.716. The van der Waals surface area contributed by atoms with E-state index in [2.05, 4.69) is 33.0 Å². The smallest absolute Gasteiger partial charge is 0.197 e. The van der Waals surface area contributed by atoms with E-state index >= 15 is 0 Å². The Morgan fingerprint density at radius 1 is 1.28 bits per heavy atom. The molecule has 0 aliphatic heterocycles. The van der Waals surface area contributed by atoms with Crippen molar-refractivity contribution in [2.24, 2.45) is 11.8 Å². The first-order chi connectivity index (χ1) is 8.54. The number of halogens is 1. The SMILES string of the molecule is CCCNC(CC(C)CC(C)C)c1ccoc1Cl. The average molecular weight is 272 g/mol. The highest BCUT2D eigenvalue weighted by Crippen LogP contribution is 2.30. The van der Waals surface area contributed by atoms with Crippen molar-refractivity contribution in [3.05, 3.63) is 23.1 Å². The van der Waals surface area contributed by atoms with Gasteiger partial charge in [0.1, 0.15) is 0 Å². The molecule has 18 heavy (non-hydrogen) atoms. The lowest BCUT2D eigenvalue weighted by atomic mass is 9.90. The van der Waals surface area contributed by atoms with Crippen molar-refractivity contribution in [2.75, 3.05) is 6.54 Å². The summed E-state index contributed by atoms with van der Waals surface area (Å²) in [6.45, 7) is 10.1. The normalized spacial score (nSPS) is 15.0. The van der Waals surface area contributed by atoms with Crippen LogP contribution >= 0.6 is 11.6 Å². The van der Waals surface area contributed by atoms with Crippen molar-refractivity contribution in [2.45, 2.75) is 53.0 Å². The lowest BCUT2D eigenvalue weighted by Gasteiger charge is -2.22. The minimum absolute atomic E-state index is 0.310. The molecule has 0 aromatic carbocycles. The van der Waals surface area contributed by atoms with Crippen molar-refractivity contribution in [1.82, 2.24) is 5.32 Å². The van der Waals surface area contributed by atoms with Gasteiger partial charge in [-0.2, -0.15) is 0 Å². The van der Waals surface area contributed by atoms with Crippen LogP contribution in [-0.4, -0.2) is 6.54 Å². The number of rotatable bonds is 8. The highest BCUT2D eigenvalue weighted by molar-refractivity contribution is 6.29. The molecule has 0 bridgehead atoms. The zero-order chi connectivity index (χ0) is 13.5. The molecule has 0 aliphatic rings. The Kier molecular flexibility index (Phi) is 6.80. The molecule has 0 amide bonds. The van der Waals surface area contributed by atoms with E-state index in [1.807, 2.05) is 6.07 Å². The summed E-state index contributed by atoms with van der Waals surface area (Å²) in [6, 6.07) is 2.29. The van der Waals surface area contributed by atoms with Crippen LogP contribution < -0.4 is 5.32 Å². The zero-order valence-electron chi connectivity index (χ0n) is 12.0. The van der Waals surface area contributed by atoms with Crippen LogP contribution in [0.4, 0.5) is 0 Å². The molecule has 2 nitrogen and oxygen atoms in total. The molecule has 2 unspecified atom stereocenters. The Bertz CT molecular complexity index is 335. The fourth-order valence-electron chi connectivity index (χ4n) is 2.50. The molecule has 2 atom stereocenters. The summed E-state index contributed by atoms with van der Waals surface area (Å²) < 4.78 is 5.21. The molecular formula is C15H26ClNO. The van der Waals surface area contributed by atoms with Gasteiger partial charge in [-0.05, 0) is 55.3 Å². The molecule has 1 rings (SSSR count). The van der Waals surface area contributed by atoms with Gasteiger partial charge >= 0.3 is 0 Å². The molecule has 0 radical (unpaired) electrons. The molecule has 3 heteroatoms. The fraction of sp³-hybridized carbons (Fsp3) is 0.733. The van der Waals surface area contributed by atoms with Crippen LogP contribution in [0.25, 0.3) is 0 Å². The predicted molar refractivity (Wildman–Crippen MR) is 78.0 cm³/mol. The van der Waals surface area contributed by atoms with Crippen molar-refractivity contribution < 1.29 is 4.42 Å². The Morgan fingerprint density at radius 2 is 2.00 bits per heavy atom. The highest BCUT2D eigenvalue weighted by Gasteiger charge is 2.19. The summed E-state index contributed by atoms with van der Waals surface area (Å²) in [4.78, 5) is 0. The van der Waals surface area contributed by atoms with Gasteiger partial charge in [0.2, 0.25) is 0 Å². The minimum Gasteiger partial charge on any atom is -0.453 e. The maximum absolute atomic E-state index is 6.10. The van der Waals surface area contributed by atoms with Gasteiger partial charge in [0.25, 0.3) is 0 Å². The third kappa shape index (κ3) is 5.03. The molecule has 0 saturated heterocycles. The van der Waals surface area contributed by atoms with Crippen molar-refractivity contribution in [1.29, 1.82) is 0 Å². The molecule has 0 aliphatic carbocycles. The highest BCUT2D eigenvalue weighted by atomic mass is 35.5. The largest absolute Gasteiger partial charge is 0.453 e. The van der Waals surface area contributed by atoms with Crippen LogP contribution in [0.1, 0.15) is 58.6 Å². The predicted octanol–water partition coefficient (Wildman–Crippen LogP) is 5.05. The van der Waals surface area contributed by atoms with Crippen LogP contribution in [0.2, 0.25) is 5.22 Å². The standard InChI is InChI=1S/C15H26ClNO/c1-5-7-17-14(10-12(4)9-11(2)3)13-6-8-18-15(13)16/h6,8,11-12,14,17H,5,7,9-10H2,1-4H3. The van der Waals surface area contributed by atoms with Crippen LogP contribution in [0.3, 0.4) is 0 Å². The van der Waals surface area contributed by atoms with Crippen LogP contribution in [0, 0.1) is 11.8 Å². The summed E-state index contributed by atoms with van der Waals surface area (Å²) in [5.74, 6) is 1.43. The second kappa shape index (κ2) is 7.85. The molecule has 0 fully saturated rings. The summed E-state index contributed by atoms with van der Waals surface area (Å²) in [6.07, 6.45) is 5.16. The molecule has 1 aromatic heterocycles. The average Bonchev–Trinajstić information content (AvgIpc) is 2.69. The van der Waals surface area contributed by atoms with Gasteiger partial charge in [0, 0.05) is 11.6 Å². The van der Waals surface area contributed by atoms with Crippen molar-refractivity contribution >= 4 is 11.6 Å². The van der Waals surface area contributed by atoms with Crippen LogP contribution in [0.15, 0.2) is 16.7 Å². The van der Waals surface area contributed by atoms with E-state index in [9.17, 15) is 0 Å². The van der Waals surface area contributed by atoms with E-state index in [4.69, 9.17) is 16.0 Å². The lowest BCUT2D eigenvalue weighted by molar-refractivity contribution is 0.355. The second-order valence-electron chi connectivity index (χ2n) is 5.63. The molecule has 0 saturated carbocycles. The first-order valence-corrected chi connectivity index (χ1v) is 7.38. The third-order valence-corrected chi connectivity index (χ3v) is 3.48. The van der Waals surface area contributed by atoms with E-state index in [-0.39, 0.29) is 0 Å². The Hall–Kier alpha value is -0.470. The van der Waals surface area contributed by atoms with Gasteiger partial charge in [-0.25, -0.2) is 0 Å². The Morgan fingerprint density at radius 3 is 2.50 bits per heavy atom. The second-order valence-corrected chi connectivity index (χ2v) is 5.97. The van der Waals surface area contributed by atoms with Crippen LogP contribution in [0.5, 0.6) is 0 Å². The third-order valence-electron chi connectivity index (χ3n) is 3.17. The lowest BCUT2D eigenvalue weighted by Crippen LogP contribution is -2.24. The van der Waals surface area contributed by atoms with Crippen molar-refractivity contribution in [3.8, 4) is 0 Å². The molecule has 1 aromatic rings. The van der Waals surface area contributed by atoms with Gasteiger partial charge in [-0.1, -0.05) is 27.7 Å². The van der Waals surface area contributed by atoms with E-state index in [1.54, 1.807) is 6.26 Å². The summed E-state index contributed by atoms with van der Waals surface area (Å²) in [7, 11) is 0. The first kappa shape index (κ1) is 15.6. The van der Waals surface area contributed by atoms with E-state index in [0.717, 1.165) is 30.9 Å². The molecule has 0 spiro atoms. The van der Waals surface area contributed by atoms with Gasteiger partial charge in [0.05, 0.1) is 6.26 Å². The molecule has 1 heterocycles. The van der Waals surface area contributed by atoms with E-state index in [1.165, 1.54) is 6.42 Å². The summed E-state index contributed by atoms with van der Waals surface area (Å²) in [5, 5.41) is 4.10. The van der Waals surface area contributed by atoms with Gasteiger partial charge in [0.15, 0.2) is 5.22 Å². The van der Waals surface area contributed by atoms with Gasteiger partial charge in [-0.3, -0.25) is 0 Å². The maximum atomic E-state index is 6.10. The Labute approximate surface area is 116 Å². The monoisotopic (exact) mass is 271 g/mol. The van der Waals surface area contributed by atoms with Crippen LogP contribution in [-0.2, 0) is 0 Å². The minimum atomic E-state index is 0.310. The van der Waals surface area contributed by atoms with E-state index < -0.39 is 0 Å². The van der Waals surface area contributed by atoms with Crippen molar-refractivity contribution in [3.63, 3.8) is 0 Å². The number of furan rings is 1. The maximum Gasteiger partial charge on any atom is 0.197 e. The number of nitrogens with one attached hydrogen (secondary N) is 1. The first-order valence-electron chi connectivity index (χ1n) is 7.00. The van der Waals surface area contributed by atoms with Gasteiger partial charge < -0.3 is 9.73 Å². The number of hydrogen-bond acceptors (Lipinski definition) is 2. The molecular weight excluding hydrogens is 246 g/mol. The van der Waals surface area contributed by atoms with Gasteiger partial charge in [-0.15, -0.1) is 0 Å². The number of hydrogen-bond donors (Lipinski definition) is 1. The fourth-order valence-corrected chi connectivity index (χ4v) is 2.74.